The molecule has 0 bridgehead atoms. The molecule has 1 aliphatic rings. The van der Waals surface area contributed by atoms with Gasteiger partial charge in [0.05, 0.1) is 11.3 Å². The number of rotatable bonds is 2. The molecule has 1 heterocycles. The maximum atomic E-state index is 14.2. The highest BCUT2D eigenvalue weighted by Crippen LogP contribution is 2.39. The molecule has 0 saturated carbocycles. The lowest BCUT2D eigenvalue weighted by Gasteiger charge is -2.25. The van der Waals surface area contributed by atoms with E-state index in [-0.39, 0.29) is 11.6 Å². The van der Waals surface area contributed by atoms with Crippen molar-refractivity contribution in [1.82, 2.24) is 0 Å². The standard InChI is InChI=1S/C16H14FNO2/c1-10-8-11-4-2-3-5-14(11)18(10)15-7-6-12(16(19)20)9-13(15)17/h2-7,9-10H,8H2,1H3,(H,19,20). The van der Waals surface area contributed by atoms with Crippen molar-refractivity contribution >= 4 is 17.3 Å². The fourth-order valence-corrected chi connectivity index (χ4v) is 2.77. The van der Waals surface area contributed by atoms with Crippen LogP contribution in [-0.4, -0.2) is 17.1 Å². The number of para-hydroxylation sites is 1. The van der Waals surface area contributed by atoms with Gasteiger partial charge in [-0.3, -0.25) is 0 Å². The minimum absolute atomic E-state index is 0.0358. The van der Waals surface area contributed by atoms with Crippen LogP contribution in [0.25, 0.3) is 0 Å². The molecule has 2 aromatic carbocycles. The molecule has 0 saturated heterocycles. The van der Waals surface area contributed by atoms with Gasteiger partial charge in [-0.2, -0.15) is 0 Å². The number of hydrogen-bond acceptors (Lipinski definition) is 2. The summed E-state index contributed by atoms with van der Waals surface area (Å²) in [6.45, 7) is 2.03. The Morgan fingerprint density at radius 2 is 2.00 bits per heavy atom. The summed E-state index contributed by atoms with van der Waals surface area (Å²) in [5, 5.41) is 8.89. The Bertz CT molecular complexity index is 684. The molecule has 1 unspecified atom stereocenters. The highest BCUT2D eigenvalue weighted by atomic mass is 19.1. The fourth-order valence-electron chi connectivity index (χ4n) is 2.77. The lowest BCUT2D eigenvalue weighted by Crippen LogP contribution is -2.25. The molecule has 1 atom stereocenters. The van der Waals surface area contributed by atoms with E-state index < -0.39 is 11.8 Å². The summed E-state index contributed by atoms with van der Waals surface area (Å²) in [6, 6.07) is 12.1. The van der Waals surface area contributed by atoms with E-state index in [0.717, 1.165) is 18.2 Å². The molecule has 0 aromatic heterocycles. The van der Waals surface area contributed by atoms with E-state index in [1.165, 1.54) is 17.7 Å². The molecule has 4 heteroatoms. The molecular formula is C16H14FNO2. The molecule has 0 fully saturated rings. The van der Waals surface area contributed by atoms with E-state index in [4.69, 9.17) is 5.11 Å². The maximum absolute atomic E-state index is 14.2. The van der Waals surface area contributed by atoms with Crippen LogP contribution in [0.15, 0.2) is 42.5 Å². The number of carboxylic acids is 1. The molecular weight excluding hydrogens is 257 g/mol. The van der Waals surface area contributed by atoms with Crippen molar-refractivity contribution in [3.05, 3.63) is 59.4 Å². The van der Waals surface area contributed by atoms with Crippen LogP contribution in [0.1, 0.15) is 22.8 Å². The van der Waals surface area contributed by atoms with Crippen LogP contribution in [0.5, 0.6) is 0 Å². The Kier molecular flexibility index (Phi) is 2.93. The Morgan fingerprint density at radius 3 is 2.70 bits per heavy atom. The predicted molar refractivity (Wildman–Crippen MR) is 75.1 cm³/mol. The zero-order valence-electron chi connectivity index (χ0n) is 11.0. The van der Waals surface area contributed by atoms with E-state index in [1.807, 2.05) is 36.1 Å². The maximum Gasteiger partial charge on any atom is 0.335 e. The monoisotopic (exact) mass is 271 g/mol. The lowest BCUT2D eigenvalue weighted by molar-refractivity contribution is 0.0696. The van der Waals surface area contributed by atoms with Crippen molar-refractivity contribution in [2.75, 3.05) is 4.90 Å². The number of benzene rings is 2. The summed E-state index contributed by atoms with van der Waals surface area (Å²) >= 11 is 0. The van der Waals surface area contributed by atoms with Crippen LogP contribution < -0.4 is 4.90 Å². The minimum Gasteiger partial charge on any atom is -0.478 e. The van der Waals surface area contributed by atoms with Gasteiger partial charge in [0.25, 0.3) is 0 Å². The quantitative estimate of drug-likeness (QED) is 0.907. The SMILES string of the molecule is CC1Cc2ccccc2N1c1ccc(C(=O)O)cc1F. The first-order chi connectivity index (χ1) is 9.58. The van der Waals surface area contributed by atoms with E-state index in [0.29, 0.717) is 5.69 Å². The van der Waals surface area contributed by atoms with Crippen molar-refractivity contribution in [2.24, 2.45) is 0 Å². The molecule has 0 radical (unpaired) electrons. The normalized spacial score (nSPS) is 17.1. The van der Waals surface area contributed by atoms with Crippen LogP contribution in [0.2, 0.25) is 0 Å². The van der Waals surface area contributed by atoms with Gasteiger partial charge in [-0.15, -0.1) is 0 Å². The van der Waals surface area contributed by atoms with Gasteiger partial charge in [0.1, 0.15) is 5.82 Å². The number of carbonyl (C=O) groups is 1. The summed E-state index contributed by atoms with van der Waals surface area (Å²) in [5.41, 5.74) is 2.56. The van der Waals surface area contributed by atoms with E-state index in [1.54, 1.807) is 0 Å². The summed E-state index contributed by atoms with van der Waals surface area (Å²) in [7, 11) is 0. The third-order valence-electron chi connectivity index (χ3n) is 3.66. The zero-order chi connectivity index (χ0) is 14.3. The number of hydrogen-bond donors (Lipinski definition) is 1. The van der Waals surface area contributed by atoms with Crippen molar-refractivity contribution < 1.29 is 14.3 Å². The number of fused-ring (bicyclic) bond motifs is 1. The molecule has 20 heavy (non-hydrogen) atoms. The first-order valence-corrected chi connectivity index (χ1v) is 6.48. The third kappa shape index (κ3) is 1.93. The predicted octanol–water partition coefficient (Wildman–Crippen LogP) is 3.61. The molecule has 1 aliphatic heterocycles. The summed E-state index contributed by atoms with van der Waals surface area (Å²) in [4.78, 5) is 12.8. The highest BCUT2D eigenvalue weighted by Gasteiger charge is 2.28. The number of nitrogens with zero attached hydrogens (tertiary/aromatic N) is 1. The molecule has 3 rings (SSSR count). The second kappa shape index (κ2) is 4.63. The van der Waals surface area contributed by atoms with Crippen molar-refractivity contribution in [2.45, 2.75) is 19.4 Å². The summed E-state index contributed by atoms with van der Waals surface area (Å²) in [6.07, 6.45) is 0.857. The Labute approximate surface area is 116 Å². The van der Waals surface area contributed by atoms with Gasteiger partial charge in [-0.25, -0.2) is 9.18 Å². The molecule has 3 nitrogen and oxygen atoms in total. The second-order valence-electron chi connectivity index (χ2n) is 5.02. The topological polar surface area (TPSA) is 40.5 Å². The first kappa shape index (κ1) is 12.7. The molecule has 0 aliphatic carbocycles. The average molecular weight is 271 g/mol. The molecule has 2 aromatic rings. The van der Waals surface area contributed by atoms with Crippen LogP contribution in [0.4, 0.5) is 15.8 Å². The molecule has 0 amide bonds. The molecule has 102 valence electrons. The Morgan fingerprint density at radius 1 is 1.25 bits per heavy atom. The van der Waals surface area contributed by atoms with Crippen LogP contribution in [0.3, 0.4) is 0 Å². The highest BCUT2D eigenvalue weighted by molar-refractivity contribution is 5.88. The van der Waals surface area contributed by atoms with Crippen LogP contribution in [0, 0.1) is 5.82 Å². The van der Waals surface area contributed by atoms with Crippen molar-refractivity contribution in [3.63, 3.8) is 0 Å². The van der Waals surface area contributed by atoms with Crippen LogP contribution >= 0.6 is 0 Å². The number of aromatic carboxylic acids is 1. The van der Waals surface area contributed by atoms with Crippen molar-refractivity contribution in [1.29, 1.82) is 0 Å². The fraction of sp³-hybridized carbons (Fsp3) is 0.188. The van der Waals surface area contributed by atoms with Gasteiger partial charge in [0, 0.05) is 11.7 Å². The summed E-state index contributed by atoms with van der Waals surface area (Å²) < 4.78 is 14.2. The number of carboxylic acid groups (broad SMARTS) is 1. The van der Waals surface area contributed by atoms with Crippen molar-refractivity contribution in [3.8, 4) is 0 Å². The second-order valence-corrected chi connectivity index (χ2v) is 5.02. The van der Waals surface area contributed by atoms with Gasteiger partial charge in [0.15, 0.2) is 0 Å². The lowest BCUT2D eigenvalue weighted by atomic mass is 10.1. The van der Waals surface area contributed by atoms with Gasteiger partial charge in [0.2, 0.25) is 0 Å². The minimum atomic E-state index is -1.12. The molecule has 0 spiro atoms. The third-order valence-corrected chi connectivity index (χ3v) is 3.66. The molecule has 1 N–H and O–H groups in total. The van der Waals surface area contributed by atoms with Gasteiger partial charge < -0.3 is 10.0 Å². The first-order valence-electron chi connectivity index (χ1n) is 6.48. The smallest absolute Gasteiger partial charge is 0.335 e. The Hall–Kier alpha value is -2.36. The van der Waals surface area contributed by atoms with Crippen LogP contribution in [-0.2, 0) is 6.42 Å². The van der Waals surface area contributed by atoms with E-state index >= 15 is 0 Å². The average Bonchev–Trinajstić information content (AvgIpc) is 2.74. The van der Waals surface area contributed by atoms with E-state index in [2.05, 4.69) is 0 Å². The van der Waals surface area contributed by atoms with E-state index in [9.17, 15) is 9.18 Å². The van der Waals surface area contributed by atoms with Gasteiger partial charge in [-0.1, -0.05) is 18.2 Å². The summed E-state index contributed by atoms with van der Waals surface area (Å²) in [5.74, 6) is -1.63. The van der Waals surface area contributed by atoms with Gasteiger partial charge >= 0.3 is 5.97 Å². The number of halogens is 1. The number of anilines is 2. The zero-order valence-corrected chi connectivity index (χ0v) is 11.0. The van der Waals surface area contributed by atoms with Gasteiger partial charge in [-0.05, 0) is 43.2 Å². The Balaban J connectivity index is 2.07. The largest absolute Gasteiger partial charge is 0.478 e.